The van der Waals surface area contributed by atoms with E-state index in [4.69, 9.17) is 10.5 Å². The summed E-state index contributed by atoms with van der Waals surface area (Å²) in [7, 11) is -1.87. The average Bonchev–Trinajstić information content (AvgIpc) is 3.54. The molecule has 2 aromatic rings. The Morgan fingerprint density at radius 2 is 1.83 bits per heavy atom. The fourth-order valence-corrected chi connectivity index (χ4v) is 5.74. The molecule has 0 radical (unpaired) electrons. The van der Waals surface area contributed by atoms with Crippen LogP contribution in [-0.2, 0) is 21.5 Å². The third-order valence-electron chi connectivity index (χ3n) is 6.27. The van der Waals surface area contributed by atoms with Gasteiger partial charge in [0.25, 0.3) is 0 Å². The highest BCUT2D eigenvalue weighted by Gasteiger charge is 2.41. The number of rotatable bonds is 5. The van der Waals surface area contributed by atoms with Gasteiger partial charge in [-0.1, -0.05) is 12.1 Å². The number of hydrogen-bond acceptors (Lipinski definition) is 5. The van der Waals surface area contributed by atoms with Crippen LogP contribution in [0.2, 0.25) is 0 Å². The molecule has 0 bridgehead atoms. The summed E-state index contributed by atoms with van der Waals surface area (Å²) in [6.45, 7) is 4.81. The van der Waals surface area contributed by atoms with Gasteiger partial charge in [-0.3, -0.25) is 13.5 Å². The predicted molar refractivity (Wildman–Crippen MR) is 120 cm³/mol. The zero-order chi connectivity index (χ0) is 20.9. The second-order valence-corrected chi connectivity index (χ2v) is 10.3. The quantitative estimate of drug-likeness (QED) is 0.741. The predicted octanol–water partition coefficient (Wildman–Crippen LogP) is 2.68. The molecule has 3 aliphatic rings. The molecule has 8 heteroatoms. The van der Waals surface area contributed by atoms with E-state index in [-0.39, 0.29) is 0 Å². The van der Waals surface area contributed by atoms with Crippen molar-refractivity contribution in [2.24, 2.45) is 5.92 Å². The van der Waals surface area contributed by atoms with Crippen LogP contribution < -0.4 is 14.3 Å². The number of anilines is 3. The number of nitrogens with two attached hydrogens (primary N) is 1. The molecule has 1 saturated carbocycles. The number of benzene rings is 2. The first-order valence-electron chi connectivity index (χ1n) is 10.5. The van der Waals surface area contributed by atoms with Crippen LogP contribution in [0.15, 0.2) is 36.4 Å². The molecule has 30 heavy (non-hydrogen) atoms. The van der Waals surface area contributed by atoms with Crippen LogP contribution in [0.5, 0.6) is 0 Å². The zero-order valence-corrected chi connectivity index (χ0v) is 18.1. The molecule has 160 valence electrons. The Morgan fingerprint density at radius 1 is 1.07 bits per heavy atom. The summed E-state index contributed by atoms with van der Waals surface area (Å²) < 4.78 is 34.2. The van der Waals surface area contributed by atoms with E-state index < -0.39 is 10.2 Å². The number of fused-ring (bicyclic) bond motifs is 1. The highest BCUT2D eigenvalue weighted by atomic mass is 32.2. The van der Waals surface area contributed by atoms with Gasteiger partial charge >= 0.3 is 10.2 Å². The first-order valence-corrected chi connectivity index (χ1v) is 11.9. The minimum atomic E-state index is -3.50. The third kappa shape index (κ3) is 3.53. The van der Waals surface area contributed by atoms with Gasteiger partial charge in [0.1, 0.15) is 0 Å². The lowest BCUT2D eigenvalue weighted by Gasteiger charge is -2.26. The Kier molecular flexibility index (Phi) is 4.88. The Labute approximate surface area is 178 Å². The van der Waals surface area contributed by atoms with E-state index in [1.54, 1.807) is 11.4 Å². The summed E-state index contributed by atoms with van der Waals surface area (Å²) >= 11 is 0. The van der Waals surface area contributed by atoms with Gasteiger partial charge in [-0.05, 0) is 54.2 Å². The molecular weight excluding hydrogens is 400 g/mol. The van der Waals surface area contributed by atoms with Crippen molar-refractivity contribution in [3.63, 3.8) is 0 Å². The van der Waals surface area contributed by atoms with Crippen LogP contribution in [0.3, 0.4) is 0 Å². The number of ether oxygens (including phenoxy) is 1. The molecule has 2 N–H and O–H groups in total. The maximum Gasteiger partial charge on any atom is 0.326 e. The monoisotopic (exact) mass is 428 g/mol. The smallest absolute Gasteiger partial charge is 0.326 e. The maximum absolute atomic E-state index is 12.9. The average molecular weight is 429 g/mol. The maximum atomic E-state index is 12.9. The van der Waals surface area contributed by atoms with E-state index in [0.717, 1.165) is 62.5 Å². The van der Waals surface area contributed by atoms with Gasteiger partial charge in [0.15, 0.2) is 0 Å². The molecule has 2 aromatic carbocycles. The van der Waals surface area contributed by atoms with Crippen LogP contribution in [0, 0.1) is 5.92 Å². The molecule has 2 fully saturated rings. The third-order valence-corrected chi connectivity index (χ3v) is 8.06. The fourth-order valence-electron chi connectivity index (χ4n) is 4.25. The zero-order valence-electron chi connectivity index (χ0n) is 17.3. The second-order valence-electron chi connectivity index (χ2n) is 8.46. The molecular formula is C22H28N4O3S. The number of nitrogens with zero attached hydrogens (tertiary/aromatic N) is 3. The van der Waals surface area contributed by atoms with Crippen molar-refractivity contribution in [2.75, 3.05) is 54.2 Å². The van der Waals surface area contributed by atoms with Crippen molar-refractivity contribution in [2.45, 2.75) is 19.4 Å². The van der Waals surface area contributed by atoms with Crippen LogP contribution in [0.25, 0.3) is 11.1 Å². The van der Waals surface area contributed by atoms with Crippen molar-refractivity contribution in [1.82, 2.24) is 4.90 Å². The number of hydrogen-bond donors (Lipinski definition) is 1. The molecule has 0 amide bonds. The van der Waals surface area contributed by atoms with Gasteiger partial charge in [-0.15, -0.1) is 0 Å². The van der Waals surface area contributed by atoms with Crippen molar-refractivity contribution in [3.05, 3.63) is 42.0 Å². The highest BCUT2D eigenvalue weighted by molar-refractivity contribution is 7.94. The standard InChI is InChI=1S/C22H28N4O3S/c1-24-22-13-18(5-7-21(22)26(30(24,27)28)15-16-2-3-16)19-12-17(4-6-20(19)23)14-25-8-10-29-11-9-25/h4-7,12-13,16H,2-3,8-11,14-15,23H2,1H3. The summed E-state index contributed by atoms with van der Waals surface area (Å²) in [5.41, 5.74) is 11.5. The fraction of sp³-hybridized carbons (Fsp3) is 0.455. The van der Waals surface area contributed by atoms with Crippen molar-refractivity contribution < 1.29 is 13.2 Å². The Hall–Kier alpha value is -2.29. The molecule has 5 rings (SSSR count). The van der Waals surface area contributed by atoms with Gasteiger partial charge in [-0.2, -0.15) is 8.42 Å². The van der Waals surface area contributed by atoms with E-state index >= 15 is 0 Å². The van der Waals surface area contributed by atoms with E-state index in [1.165, 1.54) is 9.87 Å². The molecule has 0 spiro atoms. The van der Waals surface area contributed by atoms with Gasteiger partial charge in [0, 0.05) is 44.5 Å². The van der Waals surface area contributed by atoms with Crippen LogP contribution in [0.1, 0.15) is 18.4 Å². The second kappa shape index (κ2) is 7.44. The molecule has 1 saturated heterocycles. The van der Waals surface area contributed by atoms with Crippen molar-refractivity contribution in [3.8, 4) is 11.1 Å². The summed E-state index contributed by atoms with van der Waals surface area (Å²) in [4.78, 5) is 2.37. The first-order chi connectivity index (χ1) is 14.4. The molecule has 2 aliphatic heterocycles. The van der Waals surface area contributed by atoms with E-state index in [9.17, 15) is 8.42 Å². The van der Waals surface area contributed by atoms with E-state index in [2.05, 4.69) is 17.0 Å². The lowest BCUT2D eigenvalue weighted by molar-refractivity contribution is 0.0342. The molecule has 2 heterocycles. The molecule has 0 atom stereocenters. The first kappa shape index (κ1) is 19.7. The van der Waals surface area contributed by atoms with Gasteiger partial charge in [0.2, 0.25) is 0 Å². The Bertz CT molecular complexity index is 1060. The lowest BCUT2D eigenvalue weighted by atomic mass is 9.99. The molecule has 7 nitrogen and oxygen atoms in total. The van der Waals surface area contributed by atoms with Crippen LogP contribution in [0.4, 0.5) is 17.1 Å². The topological polar surface area (TPSA) is 79.1 Å². The summed E-state index contributed by atoms with van der Waals surface area (Å²) in [6, 6.07) is 12.0. The summed E-state index contributed by atoms with van der Waals surface area (Å²) in [5.74, 6) is 0.478. The van der Waals surface area contributed by atoms with Gasteiger partial charge < -0.3 is 10.5 Å². The summed E-state index contributed by atoms with van der Waals surface area (Å²) in [6.07, 6.45) is 2.21. The lowest BCUT2D eigenvalue weighted by Crippen LogP contribution is -2.36. The van der Waals surface area contributed by atoms with E-state index in [1.807, 2.05) is 24.3 Å². The molecule has 0 unspecified atom stereocenters. The Morgan fingerprint density at radius 3 is 2.57 bits per heavy atom. The minimum absolute atomic E-state index is 0.478. The summed E-state index contributed by atoms with van der Waals surface area (Å²) in [5, 5.41) is 0. The van der Waals surface area contributed by atoms with E-state index in [0.29, 0.717) is 23.8 Å². The SMILES string of the molecule is CN1c2cc(-c3cc(CN4CCOCC4)ccc3N)ccc2N(CC2CC2)S1(=O)=O. The Balaban J connectivity index is 1.47. The molecule has 1 aliphatic carbocycles. The number of nitrogen functional groups attached to an aromatic ring is 1. The van der Waals surface area contributed by atoms with Crippen LogP contribution in [-0.4, -0.2) is 53.2 Å². The highest BCUT2D eigenvalue weighted by Crippen LogP contribution is 2.45. The molecule has 0 aromatic heterocycles. The normalized spacial score (nSPS) is 21.1. The largest absolute Gasteiger partial charge is 0.398 e. The van der Waals surface area contributed by atoms with Crippen LogP contribution >= 0.6 is 0 Å². The van der Waals surface area contributed by atoms with Gasteiger partial charge in [0.05, 0.1) is 24.6 Å². The minimum Gasteiger partial charge on any atom is -0.398 e. The van der Waals surface area contributed by atoms with Crippen molar-refractivity contribution >= 4 is 27.3 Å². The number of morpholine rings is 1. The van der Waals surface area contributed by atoms with Gasteiger partial charge in [-0.25, -0.2) is 0 Å². The van der Waals surface area contributed by atoms with Crippen molar-refractivity contribution in [1.29, 1.82) is 0 Å².